The highest BCUT2D eigenvalue weighted by atomic mass is 32.1. The predicted molar refractivity (Wildman–Crippen MR) is 158 cm³/mol. The van der Waals surface area contributed by atoms with Crippen LogP contribution in [0.25, 0.3) is 21.0 Å². The number of thiophene rings is 1. The Morgan fingerprint density at radius 3 is 2.77 bits per heavy atom. The van der Waals surface area contributed by atoms with Crippen LogP contribution in [-0.2, 0) is 7.05 Å². The van der Waals surface area contributed by atoms with Gasteiger partial charge in [-0.15, -0.1) is 11.3 Å². The normalized spacial score (nSPS) is 17.4. The maximum absolute atomic E-state index is 13.2. The van der Waals surface area contributed by atoms with Crippen LogP contribution in [0, 0.1) is 0 Å². The number of likely N-dealkylation sites (tertiary alicyclic amines) is 1. The van der Waals surface area contributed by atoms with Crippen molar-refractivity contribution in [3.8, 4) is 5.75 Å². The molecule has 5 aromatic rings. The number of hydrogen-bond acceptors (Lipinski definition) is 7. The van der Waals surface area contributed by atoms with E-state index >= 15 is 0 Å². The lowest BCUT2D eigenvalue weighted by Crippen LogP contribution is -2.40. The molecule has 40 heavy (non-hydrogen) atoms. The molecule has 4 N–H and O–H groups in total. The first kappa shape index (κ1) is 26.0. The predicted octanol–water partition coefficient (Wildman–Crippen LogP) is 4.51. The maximum Gasteiger partial charge on any atom is 0.272 e. The molecule has 1 aliphatic heterocycles. The number of methoxy groups -OCH3 is 1. The number of hydrogen-bond donors (Lipinski definition) is 3. The van der Waals surface area contributed by atoms with Crippen molar-refractivity contribution in [2.45, 2.75) is 18.5 Å². The Morgan fingerprint density at radius 2 is 1.95 bits per heavy atom. The van der Waals surface area contributed by atoms with Crippen LogP contribution in [0.1, 0.15) is 38.9 Å². The molecule has 1 aliphatic rings. The van der Waals surface area contributed by atoms with Crippen molar-refractivity contribution in [2.24, 2.45) is 12.8 Å². The number of nitrogens with one attached hydrogen (secondary N) is 2. The summed E-state index contributed by atoms with van der Waals surface area (Å²) in [4.78, 5) is 32.6. The number of ether oxygens (including phenoxy) is 1. The molecule has 1 fully saturated rings. The van der Waals surface area contributed by atoms with Gasteiger partial charge in [-0.25, -0.2) is 0 Å². The summed E-state index contributed by atoms with van der Waals surface area (Å²) >= 11 is 1.53. The molecule has 0 spiro atoms. The van der Waals surface area contributed by atoms with Crippen LogP contribution < -0.4 is 21.1 Å². The summed E-state index contributed by atoms with van der Waals surface area (Å²) < 4.78 is 8.48. The van der Waals surface area contributed by atoms with Crippen molar-refractivity contribution in [3.63, 3.8) is 0 Å². The second-order valence-corrected chi connectivity index (χ2v) is 10.9. The second-order valence-electron chi connectivity index (χ2n) is 9.96. The number of para-hydroxylation sites is 1. The molecule has 1 saturated heterocycles. The van der Waals surface area contributed by atoms with Gasteiger partial charge in [0.05, 0.1) is 35.8 Å². The van der Waals surface area contributed by atoms with Crippen molar-refractivity contribution in [1.82, 2.24) is 19.8 Å². The van der Waals surface area contributed by atoms with Gasteiger partial charge >= 0.3 is 0 Å². The fourth-order valence-corrected chi connectivity index (χ4v) is 6.41. The van der Waals surface area contributed by atoms with E-state index in [0.717, 1.165) is 39.5 Å². The number of anilines is 1. The van der Waals surface area contributed by atoms with Crippen LogP contribution in [-0.4, -0.2) is 52.6 Å². The van der Waals surface area contributed by atoms with Crippen LogP contribution in [0.15, 0.2) is 72.4 Å². The molecule has 0 radical (unpaired) electrons. The lowest BCUT2D eigenvalue weighted by molar-refractivity contribution is 0.0917. The van der Waals surface area contributed by atoms with Gasteiger partial charge in [-0.2, -0.15) is 0 Å². The fourth-order valence-electron chi connectivity index (χ4n) is 5.53. The first-order chi connectivity index (χ1) is 19.4. The number of nitrogens with zero attached hydrogens (tertiary/aromatic N) is 3. The number of aromatic nitrogens is 2. The molecule has 4 heterocycles. The second kappa shape index (κ2) is 10.7. The molecule has 0 aliphatic carbocycles. The van der Waals surface area contributed by atoms with Crippen molar-refractivity contribution in [1.29, 1.82) is 0 Å². The van der Waals surface area contributed by atoms with Crippen LogP contribution >= 0.6 is 11.3 Å². The number of pyridine rings is 1. The summed E-state index contributed by atoms with van der Waals surface area (Å²) in [7, 11) is 3.46. The average molecular weight is 555 g/mol. The minimum absolute atomic E-state index is 0.111. The zero-order chi connectivity index (χ0) is 27.8. The lowest BCUT2D eigenvalue weighted by atomic mass is 10.00. The third-order valence-corrected chi connectivity index (χ3v) is 8.56. The van der Waals surface area contributed by atoms with E-state index in [1.54, 1.807) is 19.5 Å². The molecular weight excluding hydrogens is 524 g/mol. The minimum Gasteiger partial charge on any atom is -0.495 e. The highest BCUT2D eigenvalue weighted by Gasteiger charge is 2.33. The molecule has 0 bridgehead atoms. The van der Waals surface area contributed by atoms with Gasteiger partial charge in [0.1, 0.15) is 11.4 Å². The number of carbonyl (C=O) groups is 2. The number of rotatable bonds is 7. The first-order valence-electron chi connectivity index (χ1n) is 13.1. The van der Waals surface area contributed by atoms with Gasteiger partial charge in [-0.3, -0.25) is 19.5 Å². The molecular formula is C30H30N6O3S. The van der Waals surface area contributed by atoms with E-state index in [1.165, 1.54) is 11.3 Å². The standard InChI is InChI=1S/C30H30N6O3S/c1-35-24-6-4-3-5-18(24)13-25(35)30(38)34-23-8-7-19(14-26(23)39-2)27-22(31)9-11-36(27)17-33-29(37)21-16-32-15-20-10-12-40-28(20)21/h3-8,10,12-16,22,27H,9,11,17,31H2,1-2H3,(H,33,37)(H,34,38). The number of benzene rings is 2. The van der Waals surface area contributed by atoms with E-state index in [4.69, 9.17) is 10.5 Å². The zero-order valence-corrected chi connectivity index (χ0v) is 23.1. The lowest BCUT2D eigenvalue weighted by Gasteiger charge is -2.28. The highest BCUT2D eigenvalue weighted by Crippen LogP contribution is 2.36. The first-order valence-corrected chi connectivity index (χ1v) is 14.0. The Morgan fingerprint density at radius 1 is 1.10 bits per heavy atom. The van der Waals surface area contributed by atoms with Crippen LogP contribution in [0.5, 0.6) is 5.75 Å². The third kappa shape index (κ3) is 4.70. The smallest absolute Gasteiger partial charge is 0.272 e. The average Bonchev–Trinajstić information content (AvgIpc) is 3.69. The zero-order valence-electron chi connectivity index (χ0n) is 22.3. The molecule has 204 valence electrons. The summed E-state index contributed by atoms with van der Waals surface area (Å²) in [6.45, 7) is 1.09. The number of aryl methyl sites for hydroxylation is 1. The van der Waals surface area contributed by atoms with E-state index in [2.05, 4.69) is 20.5 Å². The Labute approximate surface area is 235 Å². The molecule has 2 aromatic carbocycles. The topological polar surface area (TPSA) is 115 Å². The van der Waals surface area contributed by atoms with Crippen molar-refractivity contribution < 1.29 is 14.3 Å². The molecule has 2 unspecified atom stereocenters. The van der Waals surface area contributed by atoms with Crippen molar-refractivity contribution in [3.05, 3.63) is 89.2 Å². The Bertz CT molecular complexity index is 1730. The third-order valence-electron chi connectivity index (χ3n) is 7.59. The van der Waals surface area contributed by atoms with Gasteiger partial charge in [0.15, 0.2) is 0 Å². The van der Waals surface area contributed by atoms with E-state index in [-0.39, 0.29) is 23.9 Å². The number of carbonyl (C=O) groups excluding carboxylic acids is 2. The fraction of sp³-hybridized carbons (Fsp3) is 0.233. The molecule has 3 aromatic heterocycles. The number of nitrogens with two attached hydrogens (primary N) is 1. The van der Waals surface area contributed by atoms with E-state index in [0.29, 0.717) is 29.4 Å². The van der Waals surface area contributed by atoms with E-state index in [9.17, 15) is 9.59 Å². The molecule has 2 atom stereocenters. The van der Waals surface area contributed by atoms with Crippen LogP contribution in [0.3, 0.4) is 0 Å². The summed E-state index contributed by atoms with van der Waals surface area (Å²) in [5, 5.41) is 9.97. The van der Waals surface area contributed by atoms with Crippen molar-refractivity contribution in [2.75, 3.05) is 25.6 Å². The maximum atomic E-state index is 13.2. The molecule has 9 nitrogen and oxygen atoms in total. The minimum atomic E-state index is -0.220. The summed E-state index contributed by atoms with van der Waals surface area (Å²) in [6.07, 6.45) is 4.17. The Balaban J connectivity index is 1.19. The number of amides is 2. The molecule has 6 rings (SSSR count). The van der Waals surface area contributed by atoms with Gasteiger partial charge in [0.25, 0.3) is 11.8 Å². The van der Waals surface area contributed by atoms with Gasteiger partial charge in [-0.05, 0) is 47.7 Å². The van der Waals surface area contributed by atoms with Gasteiger partial charge in [0, 0.05) is 48.3 Å². The van der Waals surface area contributed by atoms with Gasteiger partial charge in [-0.1, -0.05) is 24.3 Å². The van der Waals surface area contributed by atoms with Gasteiger partial charge < -0.3 is 25.7 Å². The molecule has 10 heteroatoms. The molecule has 0 saturated carbocycles. The summed E-state index contributed by atoms with van der Waals surface area (Å²) in [5.41, 5.74) is 10.2. The monoisotopic (exact) mass is 554 g/mol. The summed E-state index contributed by atoms with van der Waals surface area (Å²) in [6, 6.07) is 17.2. The Kier molecular flexibility index (Phi) is 6.97. The van der Waals surface area contributed by atoms with E-state index in [1.807, 2.05) is 71.6 Å². The van der Waals surface area contributed by atoms with Crippen LogP contribution in [0.2, 0.25) is 0 Å². The van der Waals surface area contributed by atoms with Crippen LogP contribution in [0.4, 0.5) is 5.69 Å². The molecule has 2 amide bonds. The summed E-state index contributed by atoms with van der Waals surface area (Å²) in [5.74, 6) is 0.161. The van der Waals surface area contributed by atoms with Crippen molar-refractivity contribution >= 4 is 49.8 Å². The largest absolute Gasteiger partial charge is 0.495 e. The SMILES string of the molecule is COc1cc(C2C(N)CCN2CNC(=O)c2cncc3ccsc23)ccc1NC(=O)c1cc2ccccc2n1C. The highest BCUT2D eigenvalue weighted by molar-refractivity contribution is 7.17. The van der Waals surface area contributed by atoms with Gasteiger partial charge in [0.2, 0.25) is 0 Å². The van der Waals surface area contributed by atoms with E-state index < -0.39 is 0 Å². The number of fused-ring (bicyclic) bond motifs is 2. The Hall–Kier alpha value is -4.25. The quantitative estimate of drug-likeness (QED) is 0.273.